The summed E-state index contributed by atoms with van der Waals surface area (Å²) in [5, 5.41) is 11.5. The molecule has 0 spiro atoms. The van der Waals surface area contributed by atoms with Crippen molar-refractivity contribution in [2.45, 2.75) is 76.9 Å². The van der Waals surface area contributed by atoms with Gasteiger partial charge in [0.15, 0.2) is 0 Å². The van der Waals surface area contributed by atoms with E-state index >= 15 is 0 Å². The minimum Gasteiger partial charge on any atom is -0.447 e. The van der Waals surface area contributed by atoms with E-state index in [0.717, 1.165) is 35.6 Å². The first-order valence-electron chi connectivity index (χ1n) is 9.44. The Morgan fingerprint density at radius 2 is 2.08 bits per heavy atom. The standard InChI is InChI=1S/C19H29NO3S/c1-2-3-4-5-10-15-13-23-19(22)20(15)17-12-11-16(24-17)18(21)14-8-6-7-9-14/h11-12,14-15,18,21H,2-10,13H2,1H3/t15-,18?/m0/s1. The number of anilines is 1. The highest BCUT2D eigenvalue weighted by atomic mass is 32.1. The normalized spacial score (nSPS) is 23.0. The fourth-order valence-corrected chi connectivity index (χ4v) is 5.03. The summed E-state index contributed by atoms with van der Waals surface area (Å²) in [6.45, 7) is 2.70. The molecule has 0 radical (unpaired) electrons. The van der Waals surface area contributed by atoms with Crippen LogP contribution in [0.5, 0.6) is 0 Å². The first-order valence-corrected chi connectivity index (χ1v) is 10.3. The van der Waals surface area contributed by atoms with Crippen molar-refractivity contribution in [3.8, 4) is 0 Å². The average Bonchev–Trinajstić information content (AvgIpc) is 3.31. The highest BCUT2D eigenvalue weighted by molar-refractivity contribution is 7.16. The molecule has 3 rings (SSSR count). The van der Waals surface area contributed by atoms with Gasteiger partial charge in [0.25, 0.3) is 0 Å². The summed E-state index contributed by atoms with van der Waals surface area (Å²) in [5.41, 5.74) is 0. The van der Waals surface area contributed by atoms with Gasteiger partial charge in [-0.15, -0.1) is 11.3 Å². The Kier molecular flexibility index (Phi) is 6.17. The van der Waals surface area contributed by atoms with Crippen LogP contribution in [0.4, 0.5) is 9.80 Å². The zero-order valence-electron chi connectivity index (χ0n) is 14.6. The van der Waals surface area contributed by atoms with Gasteiger partial charge in [0, 0.05) is 4.88 Å². The summed E-state index contributed by atoms with van der Waals surface area (Å²) in [7, 11) is 0. The van der Waals surface area contributed by atoms with Crippen LogP contribution in [0.25, 0.3) is 0 Å². The highest BCUT2D eigenvalue weighted by Gasteiger charge is 2.35. The summed E-state index contributed by atoms with van der Waals surface area (Å²) in [4.78, 5) is 15.0. The van der Waals surface area contributed by atoms with Gasteiger partial charge in [-0.1, -0.05) is 45.4 Å². The van der Waals surface area contributed by atoms with Crippen LogP contribution in [-0.4, -0.2) is 23.8 Å². The van der Waals surface area contributed by atoms with Crippen molar-refractivity contribution in [2.24, 2.45) is 5.92 Å². The van der Waals surface area contributed by atoms with Crippen molar-refractivity contribution in [1.82, 2.24) is 0 Å². The highest BCUT2D eigenvalue weighted by Crippen LogP contribution is 2.41. The third kappa shape index (κ3) is 3.94. The SMILES string of the molecule is CCCCCC[C@H]1COC(=O)N1c1ccc(C(O)C2CCCC2)s1. The van der Waals surface area contributed by atoms with Crippen LogP contribution in [0.2, 0.25) is 0 Å². The zero-order valence-corrected chi connectivity index (χ0v) is 15.4. The summed E-state index contributed by atoms with van der Waals surface area (Å²) in [5.74, 6) is 0.381. The third-order valence-corrected chi connectivity index (χ3v) is 6.50. The molecule has 1 amide bonds. The number of hydrogen-bond acceptors (Lipinski definition) is 4. The molecule has 1 N–H and O–H groups in total. The second-order valence-electron chi connectivity index (χ2n) is 7.12. The molecule has 24 heavy (non-hydrogen) atoms. The molecule has 2 aliphatic rings. The number of ether oxygens (including phenoxy) is 1. The lowest BCUT2D eigenvalue weighted by Crippen LogP contribution is -2.32. The van der Waals surface area contributed by atoms with Crippen LogP contribution in [0.15, 0.2) is 12.1 Å². The number of cyclic esters (lactones) is 1. The monoisotopic (exact) mass is 351 g/mol. The van der Waals surface area contributed by atoms with Crippen molar-refractivity contribution in [1.29, 1.82) is 0 Å². The maximum absolute atomic E-state index is 12.2. The van der Waals surface area contributed by atoms with Crippen molar-refractivity contribution in [3.63, 3.8) is 0 Å². The third-order valence-electron chi connectivity index (χ3n) is 5.34. The molecule has 134 valence electrons. The summed E-state index contributed by atoms with van der Waals surface area (Å²) >= 11 is 1.55. The van der Waals surface area contributed by atoms with Gasteiger partial charge >= 0.3 is 6.09 Å². The summed E-state index contributed by atoms with van der Waals surface area (Å²) < 4.78 is 5.29. The smallest absolute Gasteiger partial charge is 0.415 e. The number of carbonyl (C=O) groups is 1. The van der Waals surface area contributed by atoms with E-state index in [9.17, 15) is 9.90 Å². The molecule has 4 nitrogen and oxygen atoms in total. The Morgan fingerprint density at radius 3 is 2.83 bits per heavy atom. The minimum absolute atomic E-state index is 0.143. The van der Waals surface area contributed by atoms with Gasteiger partial charge < -0.3 is 9.84 Å². The van der Waals surface area contributed by atoms with E-state index in [1.54, 1.807) is 11.3 Å². The van der Waals surface area contributed by atoms with Crippen LogP contribution in [-0.2, 0) is 4.74 Å². The first-order chi connectivity index (χ1) is 11.7. The lowest BCUT2D eigenvalue weighted by Gasteiger charge is -2.20. The molecule has 0 bridgehead atoms. The number of hydrogen-bond donors (Lipinski definition) is 1. The van der Waals surface area contributed by atoms with Crippen LogP contribution in [0.3, 0.4) is 0 Å². The van der Waals surface area contributed by atoms with Gasteiger partial charge in [0.1, 0.15) is 11.6 Å². The molecule has 1 aromatic heterocycles. The molecule has 1 saturated carbocycles. The van der Waals surface area contributed by atoms with Crippen molar-refractivity contribution >= 4 is 22.4 Å². The van der Waals surface area contributed by atoms with E-state index in [-0.39, 0.29) is 18.2 Å². The van der Waals surface area contributed by atoms with E-state index < -0.39 is 0 Å². The molecule has 2 fully saturated rings. The molecule has 2 atom stereocenters. The summed E-state index contributed by atoms with van der Waals surface area (Å²) in [6.07, 6.45) is 9.85. The van der Waals surface area contributed by atoms with E-state index in [1.165, 1.54) is 32.1 Å². The molecular weight excluding hydrogens is 322 g/mol. The number of aliphatic hydroxyl groups excluding tert-OH is 1. The van der Waals surface area contributed by atoms with Gasteiger partial charge in [-0.2, -0.15) is 0 Å². The number of thiophene rings is 1. The number of aliphatic hydroxyl groups is 1. The van der Waals surface area contributed by atoms with E-state index in [1.807, 2.05) is 17.0 Å². The Morgan fingerprint density at radius 1 is 1.29 bits per heavy atom. The topological polar surface area (TPSA) is 49.8 Å². The molecular formula is C19H29NO3S. The van der Waals surface area contributed by atoms with Gasteiger partial charge in [-0.25, -0.2) is 4.79 Å². The molecule has 1 aliphatic carbocycles. The molecule has 1 aromatic rings. The van der Waals surface area contributed by atoms with Crippen molar-refractivity contribution in [2.75, 3.05) is 11.5 Å². The van der Waals surface area contributed by atoms with Crippen molar-refractivity contribution < 1.29 is 14.6 Å². The molecule has 1 aliphatic heterocycles. The second kappa shape index (κ2) is 8.34. The van der Waals surface area contributed by atoms with Gasteiger partial charge in [-0.05, 0) is 37.3 Å². The maximum atomic E-state index is 12.2. The zero-order chi connectivity index (χ0) is 16.9. The van der Waals surface area contributed by atoms with Crippen LogP contribution in [0, 0.1) is 5.92 Å². The number of carbonyl (C=O) groups excluding carboxylic acids is 1. The Bertz CT molecular complexity index is 538. The van der Waals surface area contributed by atoms with Gasteiger partial charge in [0.2, 0.25) is 0 Å². The Labute approximate surface area is 148 Å². The molecule has 1 unspecified atom stereocenters. The lowest BCUT2D eigenvalue weighted by atomic mass is 10.00. The van der Waals surface area contributed by atoms with Crippen molar-refractivity contribution in [3.05, 3.63) is 17.0 Å². The van der Waals surface area contributed by atoms with E-state index in [0.29, 0.717) is 12.5 Å². The number of unbranched alkanes of at least 4 members (excludes halogenated alkanes) is 3. The average molecular weight is 352 g/mol. The largest absolute Gasteiger partial charge is 0.447 e. The predicted octanol–water partition coefficient (Wildman–Crippen LogP) is 5.27. The lowest BCUT2D eigenvalue weighted by molar-refractivity contribution is 0.115. The van der Waals surface area contributed by atoms with Gasteiger partial charge in [-0.3, -0.25) is 4.90 Å². The quantitative estimate of drug-likeness (QED) is 0.649. The molecule has 0 aromatic carbocycles. The number of rotatable bonds is 8. The molecule has 5 heteroatoms. The Hall–Kier alpha value is -1.07. The molecule has 2 heterocycles. The molecule has 1 saturated heterocycles. The fraction of sp³-hybridized carbons (Fsp3) is 0.737. The number of amides is 1. The first kappa shape index (κ1) is 17.7. The Balaban J connectivity index is 1.64. The van der Waals surface area contributed by atoms with Crippen LogP contribution in [0.1, 0.15) is 75.7 Å². The fourth-order valence-electron chi connectivity index (χ4n) is 3.89. The second-order valence-corrected chi connectivity index (χ2v) is 8.21. The predicted molar refractivity (Wildman–Crippen MR) is 97.6 cm³/mol. The minimum atomic E-state index is -0.382. The van der Waals surface area contributed by atoms with Crippen LogP contribution < -0.4 is 4.90 Å². The van der Waals surface area contributed by atoms with Gasteiger partial charge in [0.05, 0.1) is 12.1 Å². The maximum Gasteiger partial charge on any atom is 0.415 e. The van der Waals surface area contributed by atoms with E-state index in [4.69, 9.17) is 4.74 Å². The van der Waals surface area contributed by atoms with E-state index in [2.05, 4.69) is 6.92 Å². The number of nitrogens with zero attached hydrogens (tertiary/aromatic N) is 1. The summed E-state index contributed by atoms with van der Waals surface area (Å²) in [6, 6.07) is 4.11. The van der Waals surface area contributed by atoms with Crippen LogP contribution >= 0.6 is 11.3 Å².